The molecule has 138 valence electrons. The van der Waals surface area contributed by atoms with Gasteiger partial charge >= 0.3 is 0 Å². The zero-order valence-corrected chi connectivity index (χ0v) is 15.4. The van der Waals surface area contributed by atoms with Crippen molar-refractivity contribution < 1.29 is 14.3 Å². The first-order valence-corrected chi connectivity index (χ1v) is 9.43. The van der Waals surface area contributed by atoms with Gasteiger partial charge in [-0.3, -0.25) is 4.79 Å². The topological polar surface area (TPSA) is 59.6 Å². The van der Waals surface area contributed by atoms with E-state index in [1.54, 1.807) is 13.2 Å². The molecule has 0 radical (unpaired) electrons. The predicted molar refractivity (Wildman–Crippen MR) is 98.4 cm³/mol. The van der Waals surface area contributed by atoms with E-state index in [9.17, 15) is 4.79 Å². The van der Waals surface area contributed by atoms with Gasteiger partial charge in [-0.1, -0.05) is 6.92 Å². The van der Waals surface area contributed by atoms with Gasteiger partial charge in [-0.2, -0.15) is 0 Å². The van der Waals surface area contributed by atoms with E-state index in [2.05, 4.69) is 17.6 Å². The van der Waals surface area contributed by atoms with Crippen molar-refractivity contribution >= 4 is 5.91 Å². The molecule has 3 rings (SSSR count). The van der Waals surface area contributed by atoms with Crippen LogP contribution in [0.3, 0.4) is 0 Å². The number of hydrogen-bond donors (Lipinski definition) is 2. The molecule has 0 atom stereocenters. The van der Waals surface area contributed by atoms with Crippen molar-refractivity contribution in [3.63, 3.8) is 0 Å². The molecule has 0 bridgehead atoms. The van der Waals surface area contributed by atoms with Crippen LogP contribution in [0.4, 0.5) is 0 Å². The SMILES string of the molecule is COc1cc(C(=O)NCC2(C)CCNCC2)ccc1OC1CCCC1. The third kappa shape index (κ3) is 4.66. The summed E-state index contributed by atoms with van der Waals surface area (Å²) >= 11 is 0. The fourth-order valence-electron chi connectivity index (χ4n) is 3.69. The summed E-state index contributed by atoms with van der Waals surface area (Å²) < 4.78 is 11.5. The lowest BCUT2D eigenvalue weighted by atomic mass is 9.81. The van der Waals surface area contributed by atoms with Gasteiger partial charge in [-0.25, -0.2) is 0 Å². The molecule has 1 saturated heterocycles. The zero-order valence-electron chi connectivity index (χ0n) is 15.4. The van der Waals surface area contributed by atoms with Crippen molar-refractivity contribution in [2.45, 2.75) is 51.6 Å². The Hall–Kier alpha value is -1.75. The molecule has 1 aliphatic carbocycles. The molecule has 1 heterocycles. The molecule has 5 heteroatoms. The van der Waals surface area contributed by atoms with E-state index in [0.717, 1.165) is 44.5 Å². The number of ether oxygens (including phenoxy) is 2. The summed E-state index contributed by atoms with van der Waals surface area (Å²) in [7, 11) is 1.62. The average molecular weight is 346 g/mol. The molecule has 2 fully saturated rings. The molecule has 25 heavy (non-hydrogen) atoms. The summed E-state index contributed by atoms with van der Waals surface area (Å²) in [6.45, 7) is 4.99. The maximum Gasteiger partial charge on any atom is 0.251 e. The monoisotopic (exact) mass is 346 g/mol. The van der Waals surface area contributed by atoms with Crippen molar-refractivity contribution in [2.24, 2.45) is 5.41 Å². The molecule has 2 N–H and O–H groups in total. The minimum absolute atomic E-state index is 0.0505. The van der Waals surface area contributed by atoms with Crippen molar-refractivity contribution in [1.29, 1.82) is 0 Å². The van der Waals surface area contributed by atoms with E-state index in [4.69, 9.17) is 9.47 Å². The van der Waals surface area contributed by atoms with Crippen LogP contribution in [-0.2, 0) is 0 Å². The molecule has 1 amide bonds. The number of rotatable bonds is 6. The Bertz CT molecular complexity index is 591. The first-order valence-electron chi connectivity index (χ1n) is 9.43. The smallest absolute Gasteiger partial charge is 0.251 e. The Morgan fingerprint density at radius 2 is 1.96 bits per heavy atom. The Morgan fingerprint density at radius 3 is 2.64 bits per heavy atom. The van der Waals surface area contributed by atoms with E-state index in [0.29, 0.717) is 17.9 Å². The Morgan fingerprint density at radius 1 is 1.24 bits per heavy atom. The second-order valence-corrected chi connectivity index (χ2v) is 7.63. The molecular weight excluding hydrogens is 316 g/mol. The van der Waals surface area contributed by atoms with Gasteiger partial charge in [0, 0.05) is 12.1 Å². The number of methoxy groups -OCH3 is 1. The predicted octanol–water partition coefficient (Wildman–Crippen LogP) is 3.14. The van der Waals surface area contributed by atoms with Crippen LogP contribution in [0.25, 0.3) is 0 Å². The molecule has 0 unspecified atom stereocenters. The van der Waals surface area contributed by atoms with Gasteiger partial charge in [0.15, 0.2) is 11.5 Å². The van der Waals surface area contributed by atoms with Crippen LogP contribution in [0.2, 0.25) is 0 Å². The average Bonchev–Trinajstić information content (AvgIpc) is 3.14. The molecular formula is C20H30N2O3. The highest BCUT2D eigenvalue weighted by Gasteiger charge is 2.27. The normalized spacial score (nSPS) is 20.2. The van der Waals surface area contributed by atoms with E-state index in [-0.39, 0.29) is 17.4 Å². The lowest BCUT2D eigenvalue weighted by molar-refractivity contribution is 0.0922. The summed E-state index contributed by atoms with van der Waals surface area (Å²) in [5.74, 6) is 1.31. The standard InChI is InChI=1S/C20H30N2O3/c1-20(9-11-21-12-10-20)14-22-19(23)15-7-8-17(18(13-15)24-2)25-16-5-3-4-6-16/h7-8,13,16,21H,3-6,9-12,14H2,1-2H3,(H,22,23). The van der Waals surface area contributed by atoms with Gasteiger partial charge in [-0.05, 0) is 75.2 Å². The second-order valence-electron chi connectivity index (χ2n) is 7.63. The molecule has 0 spiro atoms. The van der Waals surface area contributed by atoms with Gasteiger partial charge in [-0.15, -0.1) is 0 Å². The summed E-state index contributed by atoms with van der Waals surface area (Å²) in [6.07, 6.45) is 7.09. The third-order valence-electron chi connectivity index (χ3n) is 5.51. The summed E-state index contributed by atoms with van der Waals surface area (Å²) in [6, 6.07) is 5.47. The molecule has 1 aromatic rings. The lowest BCUT2D eigenvalue weighted by Crippen LogP contribution is -2.42. The summed E-state index contributed by atoms with van der Waals surface area (Å²) in [5, 5.41) is 6.46. The summed E-state index contributed by atoms with van der Waals surface area (Å²) in [5.41, 5.74) is 0.796. The number of carbonyl (C=O) groups excluding carboxylic acids is 1. The highest BCUT2D eigenvalue weighted by Crippen LogP contribution is 2.32. The van der Waals surface area contributed by atoms with Crippen LogP contribution >= 0.6 is 0 Å². The summed E-state index contributed by atoms with van der Waals surface area (Å²) in [4.78, 5) is 12.5. The van der Waals surface area contributed by atoms with E-state index >= 15 is 0 Å². The highest BCUT2D eigenvalue weighted by atomic mass is 16.5. The molecule has 1 aromatic carbocycles. The van der Waals surface area contributed by atoms with Crippen LogP contribution < -0.4 is 20.1 Å². The van der Waals surface area contributed by atoms with Gasteiger partial charge in [0.1, 0.15) is 0 Å². The Balaban J connectivity index is 1.61. The van der Waals surface area contributed by atoms with Gasteiger partial charge < -0.3 is 20.1 Å². The van der Waals surface area contributed by atoms with Crippen molar-refractivity contribution in [3.8, 4) is 11.5 Å². The van der Waals surface area contributed by atoms with Crippen molar-refractivity contribution in [3.05, 3.63) is 23.8 Å². The Kier molecular flexibility index (Phi) is 5.84. The molecule has 1 saturated carbocycles. The number of amides is 1. The molecule has 5 nitrogen and oxygen atoms in total. The molecule has 1 aliphatic heterocycles. The quantitative estimate of drug-likeness (QED) is 0.831. The number of carbonyl (C=O) groups is 1. The first-order chi connectivity index (χ1) is 12.1. The van der Waals surface area contributed by atoms with Crippen molar-refractivity contribution in [1.82, 2.24) is 10.6 Å². The molecule has 0 aromatic heterocycles. The number of hydrogen-bond acceptors (Lipinski definition) is 4. The van der Waals surface area contributed by atoms with Crippen LogP contribution in [0, 0.1) is 5.41 Å². The largest absolute Gasteiger partial charge is 0.493 e. The van der Waals surface area contributed by atoms with Gasteiger partial charge in [0.2, 0.25) is 0 Å². The minimum atomic E-state index is -0.0505. The van der Waals surface area contributed by atoms with Crippen LogP contribution in [0.1, 0.15) is 55.8 Å². The van der Waals surface area contributed by atoms with E-state index in [1.807, 2.05) is 12.1 Å². The number of nitrogens with one attached hydrogen (secondary N) is 2. The van der Waals surface area contributed by atoms with Crippen LogP contribution in [0.15, 0.2) is 18.2 Å². The zero-order chi connectivity index (χ0) is 17.7. The maximum absolute atomic E-state index is 12.5. The maximum atomic E-state index is 12.5. The second kappa shape index (κ2) is 8.09. The number of piperidine rings is 1. The highest BCUT2D eigenvalue weighted by molar-refractivity contribution is 5.94. The third-order valence-corrected chi connectivity index (χ3v) is 5.51. The van der Waals surface area contributed by atoms with Crippen molar-refractivity contribution in [2.75, 3.05) is 26.7 Å². The first kappa shape index (κ1) is 18.1. The fourth-order valence-corrected chi connectivity index (χ4v) is 3.69. The van der Waals surface area contributed by atoms with Gasteiger partial charge in [0.25, 0.3) is 5.91 Å². The van der Waals surface area contributed by atoms with E-state index < -0.39 is 0 Å². The van der Waals surface area contributed by atoms with E-state index in [1.165, 1.54) is 12.8 Å². The molecule has 2 aliphatic rings. The number of benzene rings is 1. The van der Waals surface area contributed by atoms with Crippen LogP contribution in [0.5, 0.6) is 11.5 Å². The van der Waals surface area contributed by atoms with Crippen LogP contribution in [-0.4, -0.2) is 38.8 Å². The Labute approximate surface area is 150 Å². The lowest BCUT2D eigenvalue weighted by Gasteiger charge is -2.34. The minimum Gasteiger partial charge on any atom is -0.493 e. The van der Waals surface area contributed by atoms with Gasteiger partial charge in [0.05, 0.1) is 13.2 Å². The fraction of sp³-hybridized carbons (Fsp3) is 0.650.